The van der Waals surface area contributed by atoms with E-state index in [-0.39, 0.29) is 11.5 Å². The van der Waals surface area contributed by atoms with Crippen LogP contribution in [0.3, 0.4) is 0 Å². The van der Waals surface area contributed by atoms with Crippen LogP contribution >= 0.6 is 0 Å². The summed E-state index contributed by atoms with van der Waals surface area (Å²) in [4.78, 5) is 0. The molecule has 0 aliphatic carbocycles. The number of hydrogen-bond donors (Lipinski definition) is 0. The molecule has 1 saturated heterocycles. The zero-order valence-electron chi connectivity index (χ0n) is 12.5. The Hall–Kier alpha value is -0.863. The van der Waals surface area contributed by atoms with Crippen molar-refractivity contribution >= 4 is 13.5 Å². The lowest BCUT2D eigenvalue weighted by Gasteiger charge is -2.37. The second-order valence-electron chi connectivity index (χ2n) is 6.71. The quantitative estimate of drug-likeness (QED) is 0.589. The highest BCUT2D eigenvalue weighted by molar-refractivity contribution is 6.87. The van der Waals surface area contributed by atoms with Crippen LogP contribution in [-0.2, 0) is 4.43 Å². The van der Waals surface area contributed by atoms with Gasteiger partial charge in [0.2, 0.25) is 8.32 Å². The van der Waals surface area contributed by atoms with Crippen molar-refractivity contribution in [2.45, 2.75) is 51.8 Å². The zero-order valence-corrected chi connectivity index (χ0v) is 13.5. The van der Waals surface area contributed by atoms with Gasteiger partial charge in [0.15, 0.2) is 0 Å². The standard InChI is InChI=1S/C17H26OSi/c1-5-16(17(2,3)4)18-19(13-9-10-14-19)15-11-7-6-8-12-15/h5-8,11-12,16H,1,9-10,13-14H2,2-4H3. The third-order valence-corrected chi connectivity index (χ3v) is 8.54. The van der Waals surface area contributed by atoms with Crippen LogP contribution < -0.4 is 5.19 Å². The summed E-state index contributed by atoms with van der Waals surface area (Å²) in [5, 5.41) is 1.46. The molecule has 1 atom stereocenters. The van der Waals surface area contributed by atoms with E-state index in [4.69, 9.17) is 4.43 Å². The number of benzene rings is 1. The molecule has 1 aromatic rings. The van der Waals surface area contributed by atoms with Gasteiger partial charge in [-0.25, -0.2) is 0 Å². The lowest BCUT2D eigenvalue weighted by atomic mass is 9.89. The molecule has 0 amide bonds. The predicted molar refractivity (Wildman–Crippen MR) is 85.2 cm³/mol. The normalized spacial score (nSPS) is 20.2. The smallest absolute Gasteiger partial charge is 0.225 e. The van der Waals surface area contributed by atoms with E-state index in [1.54, 1.807) is 0 Å². The Morgan fingerprint density at radius 2 is 1.74 bits per heavy atom. The second kappa shape index (κ2) is 5.64. The zero-order chi connectivity index (χ0) is 13.9. The van der Waals surface area contributed by atoms with E-state index in [2.05, 4.69) is 57.7 Å². The van der Waals surface area contributed by atoms with Gasteiger partial charge >= 0.3 is 0 Å². The van der Waals surface area contributed by atoms with Crippen molar-refractivity contribution < 1.29 is 4.43 Å². The van der Waals surface area contributed by atoms with Gasteiger partial charge in [0.05, 0.1) is 6.10 Å². The Kier molecular flexibility index (Phi) is 4.31. The van der Waals surface area contributed by atoms with Gasteiger partial charge in [-0.05, 0) is 22.7 Å². The first-order valence-electron chi connectivity index (χ1n) is 7.34. The van der Waals surface area contributed by atoms with Crippen LogP contribution in [0.1, 0.15) is 33.6 Å². The molecule has 2 rings (SSSR count). The van der Waals surface area contributed by atoms with Crippen LogP contribution in [0.4, 0.5) is 0 Å². The fourth-order valence-electron chi connectivity index (χ4n) is 2.98. The van der Waals surface area contributed by atoms with Crippen molar-refractivity contribution in [2.75, 3.05) is 0 Å². The van der Waals surface area contributed by atoms with E-state index in [9.17, 15) is 0 Å². The molecule has 0 N–H and O–H groups in total. The average Bonchev–Trinajstić information content (AvgIpc) is 2.85. The van der Waals surface area contributed by atoms with Gasteiger partial charge in [-0.2, -0.15) is 0 Å². The van der Waals surface area contributed by atoms with Crippen molar-refractivity contribution in [3.8, 4) is 0 Å². The second-order valence-corrected chi connectivity index (χ2v) is 10.5. The van der Waals surface area contributed by atoms with Crippen LogP contribution in [0.15, 0.2) is 43.0 Å². The first-order valence-corrected chi connectivity index (χ1v) is 9.66. The molecule has 1 nitrogen and oxygen atoms in total. The summed E-state index contributed by atoms with van der Waals surface area (Å²) in [5.41, 5.74) is 0.124. The fourth-order valence-corrected chi connectivity index (χ4v) is 7.56. The fraction of sp³-hybridized carbons (Fsp3) is 0.529. The Balaban J connectivity index is 2.28. The van der Waals surface area contributed by atoms with Crippen LogP contribution in [0.5, 0.6) is 0 Å². The molecule has 0 radical (unpaired) electrons. The van der Waals surface area contributed by atoms with E-state index < -0.39 is 8.32 Å². The molecule has 1 aliphatic rings. The topological polar surface area (TPSA) is 9.23 Å². The Morgan fingerprint density at radius 3 is 2.21 bits per heavy atom. The predicted octanol–water partition coefficient (Wildman–Crippen LogP) is 4.25. The van der Waals surface area contributed by atoms with Crippen molar-refractivity contribution in [3.63, 3.8) is 0 Å². The maximum Gasteiger partial charge on any atom is 0.225 e. The lowest BCUT2D eigenvalue weighted by molar-refractivity contribution is 0.122. The molecular weight excluding hydrogens is 248 g/mol. The Bertz CT molecular complexity index is 413. The molecule has 2 heteroatoms. The van der Waals surface area contributed by atoms with Crippen LogP contribution in [0.25, 0.3) is 0 Å². The molecule has 0 aromatic heterocycles. The Morgan fingerprint density at radius 1 is 1.16 bits per heavy atom. The molecule has 0 spiro atoms. The van der Waals surface area contributed by atoms with Crippen molar-refractivity contribution in [1.29, 1.82) is 0 Å². The van der Waals surface area contributed by atoms with Gasteiger partial charge in [-0.15, -0.1) is 6.58 Å². The monoisotopic (exact) mass is 274 g/mol. The number of rotatable bonds is 4. The molecule has 1 aromatic carbocycles. The third kappa shape index (κ3) is 3.18. The molecule has 1 heterocycles. The number of hydrogen-bond acceptors (Lipinski definition) is 1. The molecule has 0 saturated carbocycles. The maximum absolute atomic E-state index is 6.72. The van der Waals surface area contributed by atoms with Gasteiger partial charge in [0.25, 0.3) is 0 Å². The molecule has 1 unspecified atom stereocenters. The van der Waals surface area contributed by atoms with Gasteiger partial charge in [0, 0.05) is 0 Å². The third-order valence-electron chi connectivity index (χ3n) is 4.13. The van der Waals surface area contributed by atoms with Crippen LogP contribution in [0, 0.1) is 5.41 Å². The minimum Gasteiger partial charge on any atom is -0.406 e. The SMILES string of the molecule is C=CC(O[Si]1(c2ccccc2)CCCC1)C(C)(C)C. The van der Waals surface area contributed by atoms with E-state index in [0.717, 1.165) is 0 Å². The molecule has 1 aliphatic heterocycles. The van der Waals surface area contributed by atoms with Gasteiger partial charge in [0.1, 0.15) is 0 Å². The average molecular weight is 274 g/mol. The molecule has 19 heavy (non-hydrogen) atoms. The highest BCUT2D eigenvalue weighted by atomic mass is 28.4. The summed E-state index contributed by atoms with van der Waals surface area (Å²) < 4.78 is 6.72. The van der Waals surface area contributed by atoms with Crippen molar-refractivity contribution in [1.82, 2.24) is 0 Å². The summed E-state index contributed by atoms with van der Waals surface area (Å²) in [6.07, 6.45) is 4.78. The van der Waals surface area contributed by atoms with Gasteiger partial charge in [-0.1, -0.05) is 70.0 Å². The Labute approximate surface area is 118 Å². The van der Waals surface area contributed by atoms with Gasteiger partial charge < -0.3 is 4.43 Å². The van der Waals surface area contributed by atoms with E-state index >= 15 is 0 Å². The molecule has 0 bridgehead atoms. The summed E-state index contributed by atoms with van der Waals surface area (Å²) in [6.45, 7) is 10.7. The summed E-state index contributed by atoms with van der Waals surface area (Å²) in [6, 6.07) is 13.4. The van der Waals surface area contributed by atoms with E-state index in [1.807, 2.05) is 6.08 Å². The largest absolute Gasteiger partial charge is 0.406 e. The van der Waals surface area contributed by atoms with Crippen LogP contribution in [0.2, 0.25) is 12.1 Å². The first-order chi connectivity index (χ1) is 8.98. The first kappa shape index (κ1) is 14.5. The molecule has 1 fully saturated rings. The van der Waals surface area contributed by atoms with E-state index in [0.29, 0.717) is 0 Å². The van der Waals surface area contributed by atoms with E-state index in [1.165, 1.54) is 30.1 Å². The van der Waals surface area contributed by atoms with Crippen LogP contribution in [-0.4, -0.2) is 14.4 Å². The minimum absolute atomic E-state index is 0.124. The lowest BCUT2D eigenvalue weighted by Crippen LogP contribution is -2.52. The maximum atomic E-state index is 6.72. The van der Waals surface area contributed by atoms with Crippen molar-refractivity contribution in [3.05, 3.63) is 43.0 Å². The summed E-state index contributed by atoms with van der Waals surface area (Å²) >= 11 is 0. The van der Waals surface area contributed by atoms with Crippen molar-refractivity contribution in [2.24, 2.45) is 5.41 Å². The van der Waals surface area contributed by atoms with Gasteiger partial charge in [-0.3, -0.25) is 0 Å². The summed E-state index contributed by atoms with van der Waals surface area (Å²) in [5.74, 6) is 0. The molecule has 104 valence electrons. The summed E-state index contributed by atoms with van der Waals surface area (Å²) in [7, 11) is -1.77. The highest BCUT2D eigenvalue weighted by Gasteiger charge is 2.43. The molecular formula is C17H26OSi. The minimum atomic E-state index is -1.77. The highest BCUT2D eigenvalue weighted by Crippen LogP contribution is 2.35.